The van der Waals surface area contributed by atoms with E-state index >= 15 is 0 Å². The summed E-state index contributed by atoms with van der Waals surface area (Å²) in [5, 5.41) is 10.1. The van der Waals surface area contributed by atoms with E-state index in [4.69, 9.17) is 5.11 Å². The number of benzene rings is 1. The Morgan fingerprint density at radius 3 is 2.94 bits per heavy atom. The molecule has 2 rings (SSSR count). The number of nitrogens with zero attached hydrogens (tertiary/aromatic N) is 1. The van der Waals surface area contributed by atoms with Gasteiger partial charge in [-0.2, -0.15) is 0 Å². The van der Waals surface area contributed by atoms with Crippen LogP contribution in [0.1, 0.15) is 12.0 Å². The SMILES string of the molecule is COC(=O)CCc1cccc2c1ccn2CCO. The number of carbonyl (C=O) groups is 1. The van der Waals surface area contributed by atoms with Crippen LogP contribution < -0.4 is 0 Å². The maximum absolute atomic E-state index is 11.2. The van der Waals surface area contributed by atoms with Crippen molar-refractivity contribution in [3.8, 4) is 0 Å². The highest BCUT2D eigenvalue weighted by Crippen LogP contribution is 2.21. The van der Waals surface area contributed by atoms with Crippen LogP contribution in [0.3, 0.4) is 0 Å². The van der Waals surface area contributed by atoms with Gasteiger partial charge in [0, 0.05) is 30.1 Å². The molecule has 4 heteroatoms. The van der Waals surface area contributed by atoms with Crippen LogP contribution in [-0.2, 0) is 22.5 Å². The van der Waals surface area contributed by atoms with Gasteiger partial charge in [-0.25, -0.2) is 0 Å². The molecule has 1 heterocycles. The minimum atomic E-state index is -0.193. The normalized spacial score (nSPS) is 10.8. The Kier molecular flexibility index (Phi) is 3.99. The lowest BCUT2D eigenvalue weighted by Gasteiger charge is -2.05. The van der Waals surface area contributed by atoms with Gasteiger partial charge in [0.25, 0.3) is 0 Å². The van der Waals surface area contributed by atoms with Crippen LogP contribution in [0.25, 0.3) is 10.9 Å². The Morgan fingerprint density at radius 1 is 1.39 bits per heavy atom. The topological polar surface area (TPSA) is 51.5 Å². The Morgan fingerprint density at radius 2 is 2.22 bits per heavy atom. The van der Waals surface area contributed by atoms with E-state index in [-0.39, 0.29) is 12.6 Å². The van der Waals surface area contributed by atoms with Crippen molar-refractivity contribution < 1.29 is 14.6 Å². The molecular weight excluding hydrogens is 230 g/mol. The van der Waals surface area contributed by atoms with E-state index in [0.717, 1.165) is 16.5 Å². The minimum absolute atomic E-state index is 0.121. The standard InChI is InChI=1S/C14H17NO3/c1-18-14(17)6-5-11-3-2-4-13-12(11)7-8-15(13)9-10-16/h2-4,7-8,16H,5-6,9-10H2,1H3. The molecule has 96 valence electrons. The molecule has 0 spiro atoms. The molecule has 4 nitrogen and oxygen atoms in total. The van der Waals surface area contributed by atoms with Gasteiger partial charge < -0.3 is 14.4 Å². The lowest BCUT2D eigenvalue weighted by molar-refractivity contribution is -0.140. The van der Waals surface area contributed by atoms with E-state index in [1.165, 1.54) is 7.11 Å². The molecule has 0 saturated carbocycles. The molecule has 0 aliphatic rings. The first-order valence-corrected chi connectivity index (χ1v) is 6.00. The molecule has 0 aliphatic carbocycles. The van der Waals surface area contributed by atoms with Gasteiger partial charge in [-0.3, -0.25) is 4.79 Å². The maximum atomic E-state index is 11.2. The lowest BCUT2D eigenvalue weighted by atomic mass is 10.1. The van der Waals surface area contributed by atoms with E-state index in [1.807, 2.05) is 35.0 Å². The van der Waals surface area contributed by atoms with Crippen molar-refractivity contribution in [1.29, 1.82) is 0 Å². The summed E-state index contributed by atoms with van der Waals surface area (Å²) in [7, 11) is 1.40. The summed E-state index contributed by atoms with van der Waals surface area (Å²) in [6.07, 6.45) is 3.02. The number of rotatable bonds is 5. The number of aliphatic hydroxyl groups excluding tert-OH is 1. The zero-order chi connectivity index (χ0) is 13.0. The van der Waals surface area contributed by atoms with Crippen LogP contribution in [0, 0.1) is 0 Å². The zero-order valence-corrected chi connectivity index (χ0v) is 10.4. The van der Waals surface area contributed by atoms with E-state index < -0.39 is 0 Å². The third-order valence-corrected chi connectivity index (χ3v) is 3.07. The molecule has 0 unspecified atom stereocenters. The number of ether oxygens (including phenoxy) is 1. The van der Waals surface area contributed by atoms with Gasteiger partial charge in [-0.1, -0.05) is 12.1 Å². The molecular formula is C14H17NO3. The molecule has 0 fully saturated rings. The van der Waals surface area contributed by atoms with Crippen molar-refractivity contribution in [2.45, 2.75) is 19.4 Å². The van der Waals surface area contributed by atoms with Crippen molar-refractivity contribution in [1.82, 2.24) is 4.57 Å². The lowest BCUT2D eigenvalue weighted by Crippen LogP contribution is -2.02. The largest absolute Gasteiger partial charge is 0.469 e. The Hall–Kier alpha value is -1.81. The number of methoxy groups -OCH3 is 1. The molecule has 18 heavy (non-hydrogen) atoms. The van der Waals surface area contributed by atoms with Crippen LogP contribution in [-0.4, -0.2) is 29.4 Å². The second-order valence-electron chi connectivity index (χ2n) is 4.16. The second-order valence-corrected chi connectivity index (χ2v) is 4.16. The molecule has 0 saturated heterocycles. The van der Waals surface area contributed by atoms with E-state index in [9.17, 15) is 4.79 Å². The highest BCUT2D eigenvalue weighted by molar-refractivity contribution is 5.84. The van der Waals surface area contributed by atoms with Crippen LogP contribution in [0.5, 0.6) is 0 Å². The number of hydrogen-bond acceptors (Lipinski definition) is 3. The fourth-order valence-electron chi connectivity index (χ4n) is 2.15. The van der Waals surface area contributed by atoms with Gasteiger partial charge in [0.2, 0.25) is 0 Å². The minimum Gasteiger partial charge on any atom is -0.469 e. The highest BCUT2D eigenvalue weighted by Gasteiger charge is 2.07. The van der Waals surface area contributed by atoms with Crippen molar-refractivity contribution in [2.24, 2.45) is 0 Å². The number of esters is 1. The molecule has 2 aromatic rings. The van der Waals surface area contributed by atoms with Crippen molar-refractivity contribution in [3.63, 3.8) is 0 Å². The van der Waals surface area contributed by atoms with Gasteiger partial charge in [0.05, 0.1) is 13.7 Å². The van der Waals surface area contributed by atoms with Crippen LogP contribution in [0.15, 0.2) is 30.5 Å². The summed E-state index contributed by atoms with van der Waals surface area (Å²) in [6, 6.07) is 8.04. The third kappa shape index (κ3) is 2.54. The molecule has 0 radical (unpaired) electrons. The van der Waals surface area contributed by atoms with Gasteiger partial charge >= 0.3 is 5.97 Å². The van der Waals surface area contributed by atoms with Crippen molar-refractivity contribution in [3.05, 3.63) is 36.0 Å². The van der Waals surface area contributed by atoms with Gasteiger partial charge in [-0.05, 0) is 24.1 Å². The fraction of sp³-hybridized carbons (Fsp3) is 0.357. The number of hydrogen-bond donors (Lipinski definition) is 1. The average Bonchev–Trinajstić information content (AvgIpc) is 2.80. The summed E-state index contributed by atoms with van der Waals surface area (Å²) < 4.78 is 6.66. The summed E-state index contributed by atoms with van der Waals surface area (Å²) >= 11 is 0. The van der Waals surface area contributed by atoms with Crippen molar-refractivity contribution >= 4 is 16.9 Å². The Bertz CT molecular complexity index is 545. The van der Waals surface area contributed by atoms with Gasteiger partial charge in [0.15, 0.2) is 0 Å². The first kappa shape index (κ1) is 12.6. The fourth-order valence-corrected chi connectivity index (χ4v) is 2.15. The summed E-state index contributed by atoms with van der Waals surface area (Å²) in [5.41, 5.74) is 2.22. The van der Waals surface area contributed by atoms with E-state index in [1.54, 1.807) is 0 Å². The number of carbonyl (C=O) groups excluding carboxylic acids is 1. The van der Waals surface area contributed by atoms with Crippen LogP contribution >= 0.6 is 0 Å². The Labute approximate surface area is 106 Å². The number of aromatic nitrogens is 1. The van der Waals surface area contributed by atoms with E-state index in [0.29, 0.717) is 19.4 Å². The quantitative estimate of drug-likeness (QED) is 0.819. The van der Waals surface area contributed by atoms with Crippen LogP contribution in [0.4, 0.5) is 0 Å². The molecule has 0 atom stereocenters. The molecule has 1 aromatic carbocycles. The maximum Gasteiger partial charge on any atom is 0.305 e. The molecule has 1 aromatic heterocycles. The molecule has 0 bridgehead atoms. The highest BCUT2D eigenvalue weighted by atomic mass is 16.5. The summed E-state index contributed by atoms with van der Waals surface area (Å²) in [4.78, 5) is 11.2. The average molecular weight is 247 g/mol. The predicted molar refractivity (Wildman–Crippen MR) is 69.4 cm³/mol. The summed E-state index contributed by atoms with van der Waals surface area (Å²) in [6.45, 7) is 0.708. The second kappa shape index (κ2) is 5.69. The molecule has 0 amide bonds. The summed E-state index contributed by atoms with van der Waals surface area (Å²) in [5.74, 6) is -0.193. The van der Waals surface area contributed by atoms with Crippen molar-refractivity contribution in [2.75, 3.05) is 13.7 Å². The third-order valence-electron chi connectivity index (χ3n) is 3.07. The van der Waals surface area contributed by atoms with Gasteiger partial charge in [-0.15, -0.1) is 0 Å². The van der Waals surface area contributed by atoms with E-state index in [2.05, 4.69) is 4.74 Å². The number of aliphatic hydroxyl groups is 1. The monoisotopic (exact) mass is 247 g/mol. The first-order valence-electron chi connectivity index (χ1n) is 6.00. The number of fused-ring (bicyclic) bond motifs is 1. The first-order chi connectivity index (χ1) is 8.76. The predicted octanol–water partition coefficient (Wildman–Crippen LogP) is 1.74. The number of aryl methyl sites for hydroxylation is 1. The smallest absolute Gasteiger partial charge is 0.305 e. The van der Waals surface area contributed by atoms with Crippen LogP contribution in [0.2, 0.25) is 0 Å². The van der Waals surface area contributed by atoms with Gasteiger partial charge in [0.1, 0.15) is 0 Å². The zero-order valence-electron chi connectivity index (χ0n) is 10.4. The molecule has 0 aliphatic heterocycles. The molecule has 1 N–H and O–H groups in total. The Balaban J connectivity index is 2.26.